The third kappa shape index (κ3) is 6.95. The zero-order valence-corrected chi connectivity index (χ0v) is 24.7. The van der Waals surface area contributed by atoms with Gasteiger partial charge in [-0.15, -0.1) is 11.3 Å². The number of rotatable bonds is 10. The van der Waals surface area contributed by atoms with Gasteiger partial charge >= 0.3 is 0 Å². The second-order valence-electron chi connectivity index (χ2n) is 9.33. The molecule has 2 aromatic heterocycles. The topological polar surface area (TPSA) is 116 Å². The largest absolute Gasteiger partial charge is 0.497 e. The number of carbonyl (C=O) groups excluding carboxylic acids is 2. The number of nitrogens with zero attached hydrogens (tertiary/aromatic N) is 4. The Morgan fingerprint density at radius 1 is 1.05 bits per heavy atom. The summed E-state index contributed by atoms with van der Waals surface area (Å²) in [6.45, 7) is 5.79. The molecule has 4 aromatic rings. The molecule has 41 heavy (non-hydrogen) atoms. The lowest BCUT2D eigenvalue weighted by Crippen LogP contribution is -2.46. The van der Waals surface area contributed by atoms with E-state index < -0.39 is 6.04 Å². The van der Waals surface area contributed by atoms with Gasteiger partial charge in [-0.25, -0.2) is 15.0 Å². The number of aromatic nitrogens is 3. The van der Waals surface area contributed by atoms with Gasteiger partial charge in [-0.3, -0.25) is 9.59 Å². The van der Waals surface area contributed by atoms with Crippen LogP contribution < -0.4 is 19.5 Å². The Kier molecular flexibility index (Phi) is 8.70. The van der Waals surface area contributed by atoms with Crippen molar-refractivity contribution in [3.63, 3.8) is 0 Å². The third-order valence-electron chi connectivity index (χ3n) is 6.34. The van der Waals surface area contributed by atoms with Crippen LogP contribution >= 0.6 is 23.1 Å². The summed E-state index contributed by atoms with van der Waals surface area (Å²) in [7, 11) is 1.62. The molecule has 0 saturated heterocycles. The Balaban J connectivity index is 1.34. The van der Waals surface area contributed by atoms with Gasteiger partial charge in [0.1, 0.15) is 16.8 Å². The van der Waals surface area contributed by atoms with E-state index in [1.807, 2.05) is 49.6 Å². The van der Waals surface area contributed by atoms with Crippen LogP contribution in [0.5, 0.6) is 17.2 Å². The lowest BCUT2D eigenvalue weighted by molar-refractivity contribution is -0.136. The number of nitrogens with one attached hydrogen (secondary N) is 1. The minimum Gasteiger partial charge on any atom is -0.497 e. The maximum Gasteiger partial charge on any atom is 0.246 e. The molecule has 1 aliphatic heterocycles. The van der Waals surface area contributed by atoms with Gasteiger partial charge < -0.3 is 24.4 Å². The molecule has 1 N–H and O–H groups in total. The van der Waals surface area contributed by atoms with E-state index in [9.17, 15) is 9.59 Å². The van der Waals surface area contributed by atoms with Crippen molar-refractivity contribution in [3.05, 3.63) is 70.3 Å². The van der Waals surface area contributed by atoms with Crippen molar-refractivity contribution >= 4 is 40.6 Å². The Morgan fingerprint density at radius 2 is 1.78 bits per heavy atom. The molecule has 2 aromatic carbocycles. The number of aryl methyl sites for hydroxylation is 2. The molecule has 1 atom stereocenters. The Bertz CT molecular complexity index is 1540. The number of anilines is 1. The highest BCUT2D eigenvalue weighted by Crippen LogP contribution is 2.34. The molecule has 0 spiro atoms. The SMILES string of the molecule is COc1ccc(-c2csc(CN(C(=O)CSc3nc(C)cc(C)n3)C(C)C(=O)Nc3ccc4c(c3)OCO4)n2)cc1. The summed E-state index contributed by atoms with van der Waals surface area (Å²) in [5, 5.41) is 6.06. The summed E-state index contributed by atoms with van der Waals surface area (Å²) >= 11 is 2.68. The molecule has 12 heteroatoms. The average molecular weight is 592 g/mol. The van der Waals surface area contributed by atoms with Crippen molar-refractivity contribution in [2.75, 3.05) is 25.0 Å². The molecular formula is C29H29N5O5S2. The molecule has 0 aliphatic carbocycles. The molecule has 10 nitrogen and oxygen atoms in total. The van der Waals surface area contributed by atoms with Crippen LogP contribution in [0, 0.1) is 13.8 Å². The highest BCUT2D eigenvalue weighted by Gasteiger charge is 2.28. The number of methoxy groups -OCH3 is 1. The lowest BCUT2D eigenvalue weighted by atomic mass is 10.2. The molecule has 2 amide bonds. The van der Waals surface area contributed by atoms with Gasteiger partial charge in [-0.2, -0.15) is 0 Å². The van der Waals surface area contributed by atoms with Crippen molar-refractivity contribution in [1.29, 1.82) is 0 Å². The van der Waals surface area contributed by atoms with Gasteiger partial charge in [0, 0.05) is 34.1 Å². The van der Waals surface area contributed by atoms with Crippen LogP contribution in [0.25, 0.3) is 11.3 Å². The summed E-state index contributed by atoms with van der Waals surface area (Å²) in [6, 6.07) is 13.9. The number of benzene rings is 2. The van der Waals surface area contributed by atoms with E-state index in [-0.39, 0.29) is 30.9 Å². The third-order valence-corrected chi connectivity index (χ3v) is 8.00. The highest BCUT2D eigenvalue weighted by atomic mass is 32.2. The first-order chi connectivity index (χ1) is 19.8. The first kappa shape index (κ1) is 28.4. The van der Waals surface area contributed by atoms with E-state index in [1.54, 1.807) is 32.2 Å². The first-order valence-electron chi connectivity index (χ1n) is 12.8. The second kappa shape index (κ2) is 12.6. The summed E-state index contributed by atoms with van der Waals surface area (Å²) in [5.41, 5.74) is 3.93. The fourth-order valence-corrected chi connectivity index (χ4v) is 5.83. The van der Waals surface area contributed by atoms with Crippen LogP contribution in [-0.2, 0) is 16.1 Å². The van der Waals surface area contributed by atoms with Gasteiger partial charge in [-0.1, -0.05) is 11.8 Å². The monoisotopic (exact) mass is 591 g/mol. The maximum absolute atomic E-state index is 13.6. The number of carbonyl (C=O) groups is 2. The van der Waals surface area contributed by atoms with Crippen LogP contribution in [0.2, 0.25) is 0 Å². The van der Waals surface area contributed by atoms with E-state index in [2.05, 4.69) is 15.3 Å². The molecule has 0 bridgehead atoms. The molecule has 3 heterocycles. The fraction of sp³-hybridized carbons (Fsp3) is 0.276. The van der Waals surface area contributed by atoms with E-state index in [0.717, 1.165) is 28.4 Å². The number of fused-ring (bicyclic) bond motifs is 1. The van der Waals surface area contributed by atoms with Gasteiger partial charge in [0.25, 0.3) is 0 Å². The minimum atomic E-state index is -0.790. The zero-order chi connectivity index (χ0) is 28.9. The highest BCUT2D eigenvalue weighted by molar-refractivity contribution is 7.99. The van der Waals surface area contributed by atoms with Gasteiger partial charge in [0.15, 0.2) is 16.7 Å². The summed E-state index contributed by atoms with van der Waals surface area (Å²) in [6.07, 6.45) is 0. The number of thioether (sulfide) groups is 1. The number of hydrogen-bond acceptors (Lipinski definition) is 10. The van der Waals surface area contributed by atoms with Gasteiger partial charge in [0.2, 0.25) is 18.6 Å². The van der Waals surface area contributed by atoms with Crippen molar-refractivity contribution in [2.45, 2.75) is 38.5 Å². The molecule has 1 aliphatic rings. The Morgan fingerprint density at radius 3 is 2.51 bits per heavy atom. The van der Waals surface area contributed by atoms with Crippen molar-refractivity contribution in [3.8, 4) is 28.5 Å². The predicted octanol–water partition coefficient (Wildman–Crippen LogP) is 5.10. The predicted molar refractivity (Wildman–Crippen MR) is 158 cm³/mol. The van der Waals surface area contributed by atoms with E-state index >= 15 is 0 Å². The van der Waals surface area contributed by atoms with Gasteiger partial charge in [0.05, 0.1) is 25.1 Å². The smallest absolute Gasteiger partial charge is 0.246 e. The normalized spacial score (nSPS) is 12.6. The number of amides is 2. The second-order valence-corrected chi connectivity index (χ2v) is 11.2. The Labute approximate surface area is 246 Å². The molecular weight excluding hydrogens is 562 g/mol. The molecule has 5 rings (SSSR count). The van der Waals surface area contributed by atoms with Crippen LogP contribution in [0.3, 0.4) is 0 Å². The summed E-state index contributed by atoms with van der Waals surface area (Å²) in [5.74, 6) is 1.44. The zero-order valence-electron chi connectivity index (χ0n) is 23.0. The summed E-state index contributed by atoms with van der Waals surface area (Å²) < 4.78 is 16.0. The first-order valence-corrected chi connectivity index (χ1v) is 14.7. The minimum absolute atomic E-state index is 0.0707. The molecule has 1 unspecified atom stereocenters. The molecule has 212 valence electrons. The van der Waals surface area contributed by atoms with Crippen LogP contribution in [0.1, 0.15) is 23.3 Å². The van der Waals surface area contributed by atoms with Crippen molar-refractivity contribution in [1.82, 2.24) is 19.9 Å². The van der Waals surface area contributed by atoms with E-state index in [4.69, 9.17) is 19.2 Å². The number of hydrogen-bond donors (Lipinski definition) is 1. The maximum atomic E-state index is 13.6. The van der Waals surface area contributed by atoms with Crippen LogP contribution in [0.4, 0.5) is 5.69 Å². The van der Waals surface area contributed by atoms with Crippen molar-refractivity contribution < 1.29 is 23.8 Å². The molecule has 0 saturated carbocycles. The number of ether oxygens (including phenoxy) is 3. The summed E-state index contributed by atoms with van der Waals surface area (Å²) in [4.78, 5) is 42.1. The van der Waals surface area contributed by atoms with E-state index in [1.165, 1.54) is 28.0 Å². The average Bonchev–Trinajstić information content (AvgIpc) is 3.63. The van der Waals surface area contributed by atoms with E-state index in [0.29, 0.717) is 27.4 Å². The van der Waals surface area contributed by atoms with Crippen molar-refractivity contribution in [2.24, 2.45) is 0 Å². The lowest BCUT2D eigenvalue weighted by Gasteiger charge is -2.27. The molecule has 0 radical (unpaired) electrons. The number of thiazole rings is 1. The van der Waals surface area contributed by atoms with Crippen LogP contribution in [0.15, 0.2) is 59.1 Å². The molecule has 0 fully saturated rings. The quantitative estimate of drug-likeness (QED) is 0.199. The van der Waals surface area contributed by atoms with Crippen LogP contribution in [-0.4, -0.2) is 57.4 Å². The fourth-order valence-electron chi connectivity index (χ4n) is 4.19. The standard InChI is InChI=1S/C29H29N5O5S2/c1-17-11-18(2)31-29(30-17)41-15-27(35)34(13-26-33-23(14-40-26)20-5-8-22(37-4)9-6-20)19(3)28(36)32-21-7-10-24-25(12-21)39-16-38-24/h5-12,14,19H,13,15-16H2,1-4H3,(H,32,36). The van der Waals surface area contributed by atoms with Gasteiger partial charge in [-0.05, 0) is 63.2 Å². The Hall–Kier alpha value is -4.16.